The first-order valence-corrected chi connectivity index (χ1v) is 19.8. The molecule has 2 aliphatic heterocycles. The van der Waals surface area contributed by atoms with E-state index in [0.29, 0.717) is 28.3 Å². The SMILES string of the molecule is C=C1N(CCO)C=C(C(=O)Nc2cccc(-c3cccc(-c4cc5c(c(OC)n4)C(C)CC5)c3Cl)c2C)C(=O)N1C.CCC(C)CCC1(CC)CCC(=O)N1. The van der Waals surface area contributed by atoms with Crippen molar-refractivity contribution < 1.29 is 24.2 Å². The van der Waals surface area contributed by atoms with Crippen LogP contribution >= 0.6 is 11.6 Å². The van der Waals surface area contributed by atoms with Gasteiger partial charge in [-0.3, -0.25) is 19.3 Å². The minimum atomic E-state index is -0.555. The van der Waals surface area contributed by atoms with E-state index in [-0.39, 0.29) is 30.2 Å². The van der Waals surface area contributed by atoms with Crippen LogP contribution in [0.2, 0.25) is 5.02 Å². The Morgan fingerprint density at radius 1 is 1.16 bits per heavy atom. The molecule has 55 heavy (non-hydrogen) atoms. The van der Waals surface area contributed by atoms with Crippen molar-refractivity contribution in [3.05, 3.63) is 88.4 Å². The molecule has 294 valence electrons. The van der Waals surface area contributed by atoms with Crippen LogP contribution in [0.5, 0.6) is 5.88 Å². The van der Waals surface area contributed by atoms with Crippen LogP contribution in [0.1, 0.15) is 95.2 Å². The van der Waals surface area contributed by atoms with Gasteiger partial charge in [-0.1, -0.05) is 82.6 Å². The van der Waals surface area contributed by atoms with Gasteiger partial charge in [-0.15, -0.1) is 0 Å². The number of hydrogen-bond donors (Lipinski definition) is 3. The highest BCUT2D eigenvalue weighted by molar-refractivity contribution is 6.36. The summed E-state index contributed by atoms with van der Waals surface area (Å²) in [5.41, 5.74) is 7.03. The lowest BCUT2D eigenvalue weighted by molar-refractivity contribution is -0.128. The van der Waals surface area contributed by atoms with Crippen LogP contribution in [0, 0.1) is 12.8 Å². The first-order valence-electron chi connectivity index (χ1n) is 19.4. The topological polar surface area (TPSA) is 124 Å². The Morgan fingerprint density at radius 2 is 1.87 bits per heavy atom. The van der Waals surface area contributed by atoms with Crippen molar-refractivity contribution in [3.63, 3.8) is 0 Å². The molecule has 3 aliphatic rings. The standard InChI is InChI=1S/C32H33ClN4O4.C12H23NO/c1-18-12-13-21-16-27(35-31(41-5)28(18)21)24-10-6-9-23(29(24)33)22-8-7-11-26(19(22)2)34-30(39)25-17-37(14-15-38)20(3)36(4)32(25)40;1-4-10(3)6-8-12(5-2)9-7-11(14)13-12/h6-11,16-18,38H,3,12-15H2,1-2,4-5H3,(H,34,39);10H,4-9H2,1-3H3,(H,13,14). The van der Waals surface area contributed by atoms with E-state index in [0.717, 1.165) is 72.4 Å². The number of carbonyl (C=O) groups is 3. The van der Waals surface area contributed by atoms with Gasteiger partial charge >= 0.3 is 0 Å². The third-order valence-corrected chi connectivity index (χ3v) is 12.0. The number of halogens is 1. The zero-order valence-corrected chi connectivity index (χ0v) is 34.1. The van der Waals surface area contributed by atoms with Gasteiger partial charge in [0.15, 0.2) is 0 Å². The molecule has 10 nitrogen and oxygen atoms in total. The monoisotopic (exact) mass is 769 g/mol. The second-order valence-corrected chi connectivity index (χ2v) is 15.5. The fourth-order valence-corrected chi connectivity index (χ4v) is 8.00. The fraction of sp³-hybridized carbons (Fsp3) is 0.455. The predicted octanol–water partition coefficient (Wildman–Crippen LogP) is 8.37. The molecule has 3 unspecified atom stereocenters. The summed E-state index contributed by atoms with van der Waals surface area (Å²) in [4.78, 5) is 45.0. The summed E-state index contributed by atoms with van der Waals surface area (Å²) in [6.45, 7) is 14.7. The minimum Gasteiger partial charge on any atom is -0.481 e. The number of nitrogens with zero attached hydrogens (tertiary/aromatic N) is 3. The Morgan fingerprint density at radius 3 is 2.53 bits per heavy atom. The van der Waals surface area contributed by atoms with Crippen LogP contribution < -0.4 is 15.4 Å². The van der Waals surface area contributed by atoms with E-state index < -0.39 is 11.8 Å². The molecule has 0 radical (unpaired) electrons. The number of β-amino-alcohol motifs (C(OH)–C–C–N with tert-alkyl or cyclic N) is 1. The van der Waals surface area contributed by atoms with Crippen LogP contribution in [0.4, 0.5) is 5.69 Å². The lowest BCUT2D eigenvalue weighted by Gasteiger charge is -2.34. The number of benzene rings is 2. The maximum absolute atomic E-state index is 13.3. The van der Waals surface area contributed by atoms with Crippen LogP contribution in [-0.2, 0) is 20.8 Å². The first kappa shape index (κ1) is 41.5. The van der Waals surface area contributed by atoms with E-state index in [9.17, 15) is 19.5 Å². The van der Waals surface area contributed by atoms with Crippen molar-refractivity contribution in [1.29, 1.82) is 0 Å². The molecule has 0 saturated carbocycles. The molecule has 1 fully saturated rings. The fourth-order valence-electron chi connectivity index (χ4n) is 7.68. The Hall–Kier alpha value is -4.67. The zero-order chi connectivity index (χ0) is 40.0. The van der Waals surface area contributed by atoms with Gasteiger partial charge < -0.3 is 25.4 Å². The second kappa shape index (κ2) is 17.9. The number of methoxy groups -OCH3 is 1. The molecule has 3 aromatic rings. The number of hydrogen-bond acceptors (Lipinski definition) is 7. The van der Waals surface area contributed by atoms with E-state index >= 15 is 0 Å². The number of ether oxygens (including phenoxy) is 1. The summed E-state index contributed by atoms with van der Waals surface area (Å²) in [7, 11) is 3.19. The van der Waals surface area contributed by atoms with Gasteiger partial charge in [-0.05, 0) is 86.1 Å². The van der Waals surface area contributed by atoms with E-state index in [1.54, 1.807) is 25.1 Å². The molecule has 3 heterocycles. The number of fused-ring (bicyclic) bond motifs is 1. The maximum atomic E-state index is 13.3. The predicted molar refractivity (Wildman–Crippen MR) is 220 cm³/mol. The van der Waals surface area contributed by atoms with Crippen LogP contribution in [0.3, 0.4) is 0 Å². The van der Waals surface area contributed by atoms with Gasteiger partial charge in [0.05, 0.1) is 24.4 Å². The normalized spacial score (nSPS) is 19.7. The highest BCUT2D eigenvalue weighted by Crippen LogP contribution is 2.43. The van der Waals surface area contributed by atoms with Crippen molar-refractivity contribution in [2.45, 2.75) is 97.4 Å². The van der Waals surface area contributed by atoms with E-state index in [4.69, 9.17) is 21.3 Å². The van der Waals surface area contributed by atoms with Crippen molar-refractivity contribution in [3.8, 4) is 28.3 Å². The molecule has 3 N–H and O–H groups in total. The van der Waals surface area contributed by atoms with Gasteiger partial charge in [0.2, 0.25) is 11.8 Å². The molecule has 0 bridgehead atoms. The van der Waals surface area contributed by atoms with Gasteiger partial charge in [0.1, 0.15) is 11.4 Å². The number of aliphatic hydroxyl groups excluding tert-OH is 1. The molecular formula is C44H56ClN5O5. The van der Waals surface area contributed by atoms with Crippen molar-refractivity contribution in [2.75, 3.05) is 32.6 Å². The molecule has 6 rings (SSSR count). The van der Waals surface area contributed by atoms with Crippen LogP contribution in [0.15, 0.2) is 66.6 Å². The Balaban J connectivity index is 0.000000350. The van der Waals surface area contributed by atoms with Crippen molar-refractivity contribution in [2.24, 2.45) is 5.92 Å². The third kappa shape index (κ3) is 8.92. The number of aromatic nitrogens is 1. The molecule has 1 aromatic heterocycles. The Kier molecular flexibility index (Phi) is 13.5. The molecule has 11 heteroatoms. The number of nitrogens with one attached hydrogen (secondary N) is 2. The molecule has 3 atom stereocenters. The summed E-state index contributed by atoms with van der Waals surface area (Å²) in [5.74, 6) is 1.44. The smallest absolute Gasteiger partial charge is 0.266 e. The highest BCUT2D eigenvalue weighted by atomic mass is 35.5. The summed E-state index contributed by atoms with van der Waals surface area (Å²) < 4.78 is 5.66. The number of aliphatic hydroxyl groups is 1. The number of carbonyl (C=O) groups excluding carboxylic acids is 3. The summed E-state index contributed by atoms with van der Waals surface area (Å²) >= 11 is 7.04. The Bertz CT molecular complexity index is 1980. The van der Waals surface area contributed by atoms with E-state index in [2.05, 4.69) is 51.0 Å². The quantitative estimate of drug-likeness (QED) is 0.158. The summed E-state index contributed by atoms with van der Waals surface area (Å²) in [6.07, 6.45) is 9.95. The molecule has 0 spiro atoms. The minimum absolute atomic E-state index is 0.0517. The maximum Gasteiger partial charge on any atom is 0.266 e. The van der Waals surface area contributed by atoms with Crippen molar-refractivity contribution >= 4 is 35.0 Å². The lowest BCUT2D eigenvalue weighted by atomic mass is 9.85. The third-order valence-electron chi connectivity index (χ3n) is 11.6. The number of anilines is 1. The number of rotatable bonds is 12. The summed E-state index contributed by atoms with van der Waals surface area (Å²) in [6, 6.07) is 13.5. The number of likely N-dealkylation sites (N-methyl/N-ethyl adjacent to an activating group) is 1. The second-order valence-electron chi connectivity index (χ2n) is 15.1. The van der Waals surface area contributed by atoms with Gasteiger partial charge in [-0.2, -0.15) is 0 Å². The molecule has 1 saturated heterocycles. The van der Waals surface area contributed by atoms with Crippen molar-refractivity contribution in [1.82, 2.24) is 20.1 Å². The zero-order valence-electron chi connectivity index (χ0n) is 33.4. The number of amides is 3. The lowest BCUT2D eigenvalue weighted by Crippen LogP contribution is -2.43. The molecule has 2 aromatic carbocycles. The van der Waals surface area contributed by atoms with Crippen LogP contribution in [-0.4, -0.2) is 70.5 Å². The van der Waals surface area contributed by atoms with E-state index in [1.165, 1.54) is 35.1 Å². The largest absolute Gasteiger partial charge is 0.481 e. The first-order chi connectivity index (χ1) is 26.3. The van der Waals surface area contributed by atoms with Gasteiger partial charge in [0, 0.05) is 54.1 Å². The Labute approximate surface area is 331 Å². The number of pyridine rings is 1. The van der Waals surface area contributed by atoms with E-state index in [1.807, 2.05) is 37.3 Å². The average molecular weight is 770 g/mol. The number of aryl methyl sites for hydroxylation is 1. The van der Waals surface area contributed by atoms with Gasteiger partial charge in [0.25, 0.3) is 11.8 Å². The van der Waals surface area contributed by atoms with Crippen LogP contribution in [0.25, 0.3) is 22.4 Å². The van der Waals surface area contributed by atoms with Gasteiger partial charge in [-0.25, -0.2) is 4.98 Å². The molecule has 3 amide bonds. The summed E-state index contributed by atoms with van der Waals surface area (Å²) in [5, 5.41) is 16.0. The molecular weight excluding hydrogens is 714 g/mol. The average Bonchev–Trinajstić information content (AvgIpc) is 3.76. The highest BCUT2D eigenvalue weighted by Gasteiger charge is 2.36. The molecule has 1 aliphatic carbocycles.